The van der Waals surface area contributed by atoms with Crippen molar-refractivity contribution in [1.82, 2.24) is 16.1 Å². The lowest BCUT2D eigenvalue weighted by atomic mass is 9.92. The van der Waals surface area contributed by atoms with Crippen molar-refractivity contribution in [2.75, 3.05) is 7.05 Å². The maximum Gasteiger partial charge on any atom is 0.300 e. The van der Waals surface area contributed by atoms with Crippen molar-refractivity contribution in [2.45, 2.75) is 46.1 Å². The van der Waals surface area contributed by atoms with Gasteiger partial charge in [-0.25, -0.2) is 10.5 Å². The average Bonchev–Trinajstić information content (AvgIpc) is 2.72. The number of likely N-dealkylation sites (N-methyl/N-ethyl adjacent to an activating group) is 1. The number of rotatable bonds is 10. The predicted octanol–water partition coefficient (Wildman–Crippen LogP) is 0.0135. The van der Waals surface area contributed by atoms with Crippen LogP contribution in [0.15, 0.2) is 29.3 Å². The molecule has 0 bridgehead atoms. The van der Waals surface area contributed by atoms with Crippen LogP contribution in [-0.2, 0) is 25.6 Å². The van der Waals surface area contributed by atoms with Gasteiger partial charge in [-0.2, -0.15) is 0 Å². The molecule has 0 spiro atoms. The molecule has 33 heavy (non-hydrogen) atoms. The van der Waals surface area contributed by atoms with Gasteiger partial charge in [-0.3, -0.25) is 24.4 Å². The number of nitrogens with two attached hydrogens (primary N) is 2. The highest BCUT2D eigenvalue weighted by molar-refractivity contribution is 5.90. The first kappa shape index (κ1) is 29.3. The third-order valence-electron chi connectivity index (χ3n) is 4.20. The molecule has 1 aromatic rings. The smallest absolute Gasteiger partial charge is 0.300 e. The molecule has 0 saturated carbocycles. The minimum Gasteiger partial charge on any atom is -0.481 e. The van der Waals surface area contributed by atoms with Crippen LogP contribution in [0.1, 0.15) is 39.2 Å². The molecule has 0 unspecified atom stereocenters. The summed E-state index contributed by atoms with van der Waals surface area (Å²) in [6.07, 6.45) is 0.509. The number of guanidine groups is 1. The van der Waals surface area contributed by atoms with Gasteiger partial charge in [0.1, 0.15) is 6.04 Å². The summed E-state index contributed by atoms with van der Waals surface area (Å²) in [6.45, 7) is 4.93. The number of carbonyl (C=O) groups is 4. The van der Waals surface area contributed by atoms with Crippen LogP contribution in [0.2, 0.25) is 0 Å². The fourth-order valence-corrected chi connectivity index (χ4v) is 2.89. The summed E-state index contributed by atoms with van der Waals surface area (Å²) in [5.41, 5.74) is 13.6. The number of hydrogen-bond donors (Lipinski definition) is 7. The first-order chi connectivity index (χ1) is 15.4. The third-order valence-corrected chi connectivity index (χ3v) is 4.20. The van der Waals surface area contributed by atoms with Gasteiger partial charge in [-0.15, -0.1) is 0 Å². The molecule has 1 rings (SSSR count). The third kappa shape index (κ3) is 13.4. The molecular weight excluding hydrogens is 432 g/mol. The fourth-order valence-electron chi connectivity index (χ4n) is 2.89. The van der Waals surface area contributed by atoms with E-state index in [9.17, 15) is 14.4 Å². The summed E-state index contributed by atoms with van der Waals surface area (Å²) in [5.74, 6) is -2.85. The lowest BCUT2D eigenvalue weighted by Gasteiger charge is -2.22. The number of nitrogens with zero attached hydrogens (tertiary/aromatic N) is 1. The van der Waals surface area contributed by atoms with Gasteiger partial charge in [-0.05, 0) is 30.0 Å². The number of carboxylic acid groups (broad SMARTS) is 1. The molecule has 12 heteroatoms. The van der Waals surface area contributed by atoms with E-state index < -0.39 is 29.7 Å². The quantitative estimate of drug-likeness (QED) is 0.108. The second-order valence-corrected chi connectivity index (χ2v) is 7.67. The standard InChI is InChI=1S/C19H30N6O4.C2H4O2/c1-11(2)8-13(10-16(26)25-29)17(27)24-15(18(28)22-3)9-12-4-6-14(7-5-12)23-19(20)21;1-2(3)4/h4-7,11,13,15,29H,8-10H2,1-3H3,(H,22,28)(H,24,27)(H,25,26)(H4,20,21,23);1H3,(H,3,4)/t13-,15+;/m1./s1. The Kier molecular flexibility index (Phi) is 13.5. The van der Waals surface area contributed by atoms with Crippen LogP contribution in [0.25, 0.3) is 0 Å². The van der Waals surface area contributed by atoms with Crippen LogP contribution < -0.4 is 27.6 Å². The van der Waals surface area contributed by atoms with Crippen molar-refractivity contribution in [1.29, 1.82) is 0 Å². The van der Waals surface area contributed by atoms with E-state index in [4.69, 9.17) is 26.6 Å². The van der Waals surface area contributed by atoms with Gasteiger partial charge in [0.25, 0.3) is 5.97 Å². The monoisotopic (exact) mass is 466 g/mol. The Bertz CT molecular complexity index is 817. The highest BCUT2D eigenvalue weighted by atomic mass is 16.5. The Morgan fingerprint density at radius 3 is 2.03 bits per heavy atom. The number of hydroxylamine groups is 1. The summed E-state index contributed by atoms with van der Waals surface area (Å²) >= 11 is 0. The molecule has 1 aromatic carbocycles. The van der Waals surface area contributed by atoms with Crippen molar-refractivity contribution in [2.24, 2.45) is 28.3 Å². The number of carbonyl (C=O) groups excluding carboxylic acids is 3. The van der Waals surface area contributed by atoms with Crippen LogP contribution in [-0.4, -0.2) is 53.1 Å². The zero-order valence-electron chi connectivity index (χ0n) is 19.3. The molecule has 0 saturated heterocycles. The molecule has 0 aliphatic rings. The van der Waals surface area contributed by atoms with Gasteiger partial charge in [0.15, 0.2) is 5.96 Å². The van der Waals surface area contributed by atoms with Crippen molar-refractivity contribution in [3.63, 3.8) is 0 Å². The van der Waals surface area contributed by atoms with E-state index in [0.717, 1.165) is 12.5 Å². The second-order valence-electron chi connectivity index (χ2n) is 7.67. The van der Waals surface area contributed by atoms with E-state index in [1.165, 1.54) is 7.05 Å². The van der Waals surface area contributed by atoms with Gasteiger partial charge in [0.05, 0.1) is 5.69 Å². The molecule has 0 heterocycles. The number of nitrogens with one attached hydrogen (secondary N) is 3. The molecule has 9 N–H and O–H groups in total. The molecule has 0 radical (unpaired) electrons. The normalized spacial score (nSPS) is 11.8. The van der Waals surface area contributed by atoms with Gasteiger partial charge >= 0.3 is 0 Å². The first-order valence-electron chi connectivity index (χ1n) is 10.2. The number of hydrogen-bond acceptors (Lipinski definition) is 6. The van der Waals surface area contributed by atoms with Gasteiger partial charge in [0.2, 0.25) is 17.7 Å². The Morgan fingerprint density at radius 2 is 1.61 bits per heavy atom. The Hall–Kier alpha value is -3.67. The second kappa shape index (κ2) is 15.2. The Morgan fingerprint density at radius 1 is 1.06 bits per heavy atom. The Labute approximate surface area is 192 Å². The summed E-state index contributed by atoms with van der Waals surface area (Å²) in [5, 5.41) is 21.4. The maximum absolute atomic E-state index is 12.7. The molecular formula is C21H34N6O6. The molecule has 0 fully saturated rings. The average molecular weight is 467 g/mol. The lowest BCUT2D eigenvalue weighted by molar-refractivity contribution is -0.136. The largest absolute Gasteiger partial charge is 0.481 e. The molecule has 184 valence electrons. The van der Waals surface area contributed by atoms with E-state index in [-0.39, 0.29) is 30.6 Å². The van der Waals surface area contributed by atoms with Crippen molar-refractivity contribution in [3.05, 3.63) is 29.8 Å². The SMILES string of the molecule is CC(=O)O.CNC(=O)[C@H](Cc1ccc(N=C(N)N)cc1)NC(=O)[C@@H](CC(=O)NO)CC(C)C. The number of aliphatic carboxylic acids is 1. The van der Waals surface area contributed by atoms with Crippen LogP contribution in [0.3, 0.4) is 0 Å². The zero-order valence-corrected chi connectivity index (χ0v) is 19.3. The van der Waals surface area contributed by atoms with E-state index in [2.05, 4.69) is 15.6 Å². The molecule has 3 amide bonds. The number of carboxylic acids is 1. The topological polar surface area (TPSA) is 209 Å². The predicted molar refractivity (Wildman–Crippen MR) is 122 cm³/mol. The van der Waals surface area contributed by atoms with Crippen LogP contribution in [0.5, 0.6) is 0 Å². The first-order valence-corrected chi connectivity index (χ1v) is 10.2. The van der Waals surface area contributed by atoms with Crippen LogP contribution in [0.4, 0.5) is 5.69 Å². The molecule has 0 aliphatic carbocycles. The minimum absolute atomic E-state index is 0.0589. The number of amides is 3. The zero-order chi connectivity index (χ0) is 25.6. The summed E-state index contributed by atoms with van der Waals surface area (Å²) < 4.78 is 0. The highest BCUT2D eigenvalue weighted by Crippen LogP contribution is 2.17. The Balaban J connectivity index is 0.00000235. The van der Waals surface area contributed by atoms with Gasteiger partial charge in [-0.1, -0.05) is 26.0 Å². The summed E-state index contributed by atoms with van der Waals surface area (Å²) in [6, 6.07) is 6.09. The molecule has 0 aliphatic heterocycles. The lowest BCUT2D eigenvalue weighted by Crippen LogP contribution is -2.49. The molecule has 0 aromatic heterocycles. The van der Waals surface area contributed by atoms with Crippen LogP contribution in [0, 0.1) is 11.8 Å². The van der Waals surface area contributed by atoms with E-state index in [1.54, 1.807) is 29.7 Å². The maximum atomic E-state index is 12.7. The van der Waals surface area contributed by atoms with Crippen molar-refractivity contribution < 1.29 is 29.5 Å². The highest BCUT2D eigenvalue weighted by Gasteiger charge is 2.27. The van der Waals surface area contributed by atoms with E-state index >= 15 is 0 Å². The minimum atomic E-state index is -0.833. The van der Waals surface area contributed by atoms with Crippen molar-refractivity contribution >= 4 is 35.3 Å². The number of benzene rings is 1. The van der Waals surface area contributed by atoms with Crippen molar-refractivity contribution in [3.8, 4) is 0 Å². The summed E-state index contributed by atoms with van der Waals surface area (Å²) in [4.78, 5) is 49.5. The van der Waals surface area contributed by atoms with E-state index in [1.807, 2.05) is 13.8 Å². The summed E-state index contributed by atoms with van der Waals surface area (Å²) in [7, 11) is 1.48. The molecule has 2 atom stereocenters. The van der Waals surface area contributed by atoms with Gasteiger partial charge < -0.3 is 27.2 Å². The number of aliphatic imine (C=N–C) groups is 1. The van der Waals surface area contributed by atoms with E-state index in [0.29, 0.717) is 12.1 Å². The molecule has 12 nitrogen and oxygen atoms in total. The van der Waals surface area contributed by atoms with Gasteiger partial charge in [0, 0.05) is 32.7 Å². The fraction of sp³-hybridized carbons (Fsp3) is 0.476. The van der Waals surface area contributed by atoms with Crippen LogP contribution >= 0.6 is 0 Å².